The van der Waals surface area contributed by atoms with Crippen molar-refractivity contribution < 1.29 is 16.0 Å². The lowest BCUT2D eigenvalue weighted by atomic mass is 11.0. The predicted molar refractivity (Wildman–Crippen MR) is 51.8 cm³/mol. The minimum atomic E-state index is 0. The third-order valence-corrected chi connectivity index (χ3v) is 0. The molecular weight excluding hydrogens is 132 g/mol. The molecule has 0 saturated heterocycles. The lowest BCUT2D eigenvalue weighted by Gasteiger charge is -1.25. The van der Waals surface area contributed by atoms with E-state index in [9.17, 15) is 0 Å². The standard InChI is InChI=1S/2C2H6.3CH4.H2O2.H2O/c2*1-2;;;;1-2;/h2*1-2H3;3*1H4;1-2H;1H2. The highest BCUT2D eigenvalue weighted by Gasteiger charge is 0.934. The molecule has 0 aromatic rings. The summed E-state index contributed by atoms with van der Waals surface area (Å²) < 4.78 is 0. The van der Waals surface area contributed by atoms with Gasteiger partial charge in [0.1, 0.15) is 0 Å². The molecule has 0 aliphatic carbocycles. The van der Waals surface area contributed by atoms with E-state index in [1.165, 1.54) is 0 Å². The summed E-state index contributed by atoms with van der Waals surface area (Å²) in [7, 11) is 0. The maximum absolute atomic E-state index is 6.00. The van der Waals surface area contributed by atoms with Crippen LogP contribution in [-0.4, -0.2) is 16.0 Å². The minimum absolute atomic E-state index is 0. The Morgan fingerprint density at radius 2 is 0.600 bits per heavy atom. The summed E-state index contributed by atoms with van der Waals surface area (Å²) in [6, 6.07) is 0. The first-order valence-corrected chi connectivity index (χ1v) is 2.20. The Balaban J connectivity index is -0.00000000225. The number of hydrogen-bond donors (Lipinski definition) is 2. The smallest absolute Gasteiger partial charge is 0.0683 e. The van der Waals surface area contributed by atoms with Crippen LogP contribution in [0.3, 0.4) is 0 Å². The van der Waals surface area contributed by atoms with E-state index in [1.54, 1.807) is 0 Å². The van der Waals surface area contributed by atoms with Crippen molar-refractivity contribution in [2.45, 2.75) is 50.0 Å². The number of hydrogen-bond acceptors (Lipinski definition) is 2. The Morgan fingerprint density at radius 3 is 0.600 bits per heavy atom. The zero-order valence-corrected chi connectivity index (χ0v) is 5.39. The van der Waals surface area contributed by atoms with Crippen molar-refractivity contribution in [3.05, 3.63) is 0 Å². The second-order valence-corrected chi connectivity index (χ2v) is 0. The van der Waals surface area contributed by atoms with E-state index in [1.807, 2.05) is 27.7 Å². The van der Waals surface area contributed by atoms with E-state index < -0.39 is 0 Å². The highest BCUT2D eigenvalue weighted by Crippen LogP contribution is 1.15. The molecule has 10 heavy (non-hydrogen) atoms. The van der Waals surface area contributed by atoms with Gasteiger partial charge < -0.3 is 5.48 Å². The van der Waals surface area contributed by atoms with Crippen LogP contribution in [0.5, 0.6) is 0 Å². The van der Waals surface area contributed by atoms with Crippen LogP contribution in [0.2, 0.25) is 0 Å². The SMILES string of the molecule is C.C.C.CC.CC.O.OO. The molecule has 4 N–H and O–H groups in total. The number of rotatable bonds is 0. The fourth-order valence-electron chi connectivity index (χ4n) is 0. The third kappa shape index (κ3) is 25900. The molecule has 0 aliphatic heterocycles. The molecule has 0 aromatic heterocycles. The van der Waals surface area contributed by atoms with Crippen molar-refractivity contribution in [3.8, 4) is 0 Å². The summed E-state index contributed by atoms with van der Waals surface area (Å²) >= 11 is 0. The average Bonchev–Trinajstić information content (AvgIpc) is 1.81. The summed E-state index contributed by atoms with van der Waals surface area (Å²) in [4.78, 5) is 0. The van der Waals surface area contributed by atoms with E-state index in [0.717, 1.165) is 0 Å². The van der Waals surface area contributed by atoms with Crippen molar-refractivity contribution >= 4 is 0 Å². The summed E-state index contributed by atoms with van der Waals surface area (Å²) in [5.41, 5.74) is 0. The van der Waals surface area contributed by atoms with Gasteiger partial charge in [0.25, 0.3) is 0 Å². The quantitative estimate of drug-likeness (QED) is 0.422. The Hall–Kier alpha value is -0.120. The van der Waals surface area contributed by atoms with Crippen molar-refractivity contribution in [1.29, 1.82) is 0 Å². The molecule has 3 heteroatoms. The molecule has 0 aliphatic rings. The van der Waals surface area contributed by atoms with Crippen molar-refractivity contribution in [2.75, 3.05) is 0 Å². The van der Waals surface area contributed by atoms with Crippen molar-refractivity contribution in [3.63, 3.8) is 0 Å². The first kappa shape index (κ1) is 93.9. The van der Waals surface area contributed by atoms with Crippen LogP contribution in [-0.2, 0) is 0 Å². The van der Waals surface area contributed by atoms with Crippen molar-refractivity contribution in [2.24, 2.45) is 0 Å². The second-order valence-electron chi connectivity index (χ2n) is 0. The summed E-state index contributed by atoms with van der Waals surface area (Å²) in [5.74, 6) is 0. The molecule has 0 atom stereocenters. The summed E-state index contributed by atoms with van der Waals surface area (Å²) in [5, 5.41) is 12.0. The fourth-order valence-corrected chi connectivity index (χ4v) is 0. The summed E-state index contributed by atoms with van der Waals surface area (Å²) in [6.45, 7) is 8.00. The molecule has 0 heterocycles. The van der Waals surface area contributed by atoms with Crippen LogP contribution < -0.4 is 0 Å². The van der Waals surface area contributed by atoms with Gasteiger partial charge in [0.2, 0.25) is 0 Å². The third-order valence-electron chi connectivity index (χ3n) is 0. The second kappa shape index (κ2) is 38300. The molecule has 0 radical (unpaired) electrons. The molecule has 0 amide bonds. The lowest BCUT2D eigenvalue weighted by Crippen LogP contribution is -1.29. The monoisotopic (exact) mass is 160 g/mol. The molecule has 0 aromatic carbocycles. The first-order chi connectivity index (χ1) is 3.00. The van der Waals surface area contributed by atoms with E-state index in [4.69, 9.17) is 10.5 Å². The Bertz CT molecular complexity index is 8.81. The topological polar surface area (TPSA) is 72.0 Å². The average molecular weight is 160 g/mol. The normalized spacial score (nSPS) is 1.80. The van der Waals surface area contributed by atoms with Gasteiger partial charge in [-0.05, 0) is 0 Å². The molecular formula is C7H28O3. The van der Waals surface area contributed by atoms with Gasteiger partial charge in [-0.3, -0.25) is 10.5 Å². The maximum Gasteiger partial charge on any atom is -0.0683 e. The Labute approximate surface area is 67.0 Å². The van der Waals surface area contributed by atoms with Crippen LogP contribution in [0.1, 0.15) is 50.0 Å². The molecule has 0 fully saturated rings. The van der Waals surface area contributed by atoms with Gasteiger partial charge in [-0.15, -0.1) is 0 Å². The van der Waals surface area contributed by atoms with E-state index >= 15 is 0 Å². The fraction of sp³-hybridized carbons (Fsp3) is 1.00. The van der Waals surface area contributed by atoms with Gasteiger partial charge in [-0.2, -0.15) is 0 Å². The Kier molecular flexibility index (Phi) is 360000. The van der Waals surface area contributed by atoms with Gasteiger partial charge in [-0.1, -0.05) is 50.0 Å². The van der Waals surface area contributed by atoms with E-state index in [0.29, 0.717) is 0 Å². The van der Waals surface area contributed by atoms with E-state index in [2.05, 4.69) is 0 Å². The van der Waals surface area contributed by atoms with Gasteiger partial charge in [0.15, 0.2) is 0 Å². The molecule has 3 nitrogen and oxygen atoms in total. The minimum Gasteiger partial charge on any atom is -0.412 e. The lowest BCUT2D eigenvalue weighted by molar-refractivity contribution is -0.176. The van der Waals surface area contributed by atoms with Gasteiger partial charge in [0, 0.05) is 0 Å². The molecule has 0 bridgehead atoms. The maximum atomic E-state index is 6.00. The zero-order valence-electron chi connectivity index (χ0n) is 5.39. The molecule has 0 unspecified atom stereocenters. The van der Waals surface area contributed by atoms with Gasteiger partial charge >= 0.3 is 0 Å². The largest absolute Gasteiger partial charge is 0.412 e. The first-order valence-electron chi connectivity index (χ1n) is 2.20. The van der Waals surface area contributed by atoms with E-state index in [-0.39, 0.29) is 27.8 Å². The molecule has 0 rings (SSSR count). The van der Waals surface area contributed by atoms with Gasteiger partial charge in [0.05, 0.1) is 0 Å². The predicted octanol–water partition coefficient (Wildman–Crippen LogP) is 3.15. The zero-order chi connectivity index (χ0) is 6.00. The molecule has 0 saturated carbocycles. The van der Waals surface area contributed by atoms with Crippen LogP contribution in [0.15, 0.2) is 0 Å². The highest BCUT2D eigenvalue weighted by atomic mass is 17.0. The van der Waals surface area contributed by atoms with Crippen LogP contribution in [0, 0.1) is 0 Å². The van der Waals surface area contributed by atoms with Crippen LogP contribution in [0.4, 0.5) is 0 Å². The highest BCUT2D eigenvalue weighted by molar-refractivity contribution is 3.51. The summed E-state index contributed by atoms with van der Waals surface area (Å²) in [6.07, 6.45) is 0. The molecule has 74 valence electrons. The van der Waals surface area contributed by atoms with Crippen LogP contribution >= 0.6 is 0 Å². The molecule has 0 spiro atoms. The van der Waals surface area contributed by atoms with Crippen molar-refractivity contribution in [1.82, 2.24) is 0 Å². The Morgan fingerprint density at radius 1 is 0.600 bits per heavy atom. The van der Waals surface area contributed by atoms with Gasteiger partial charge in [-0.25, -0.2) is 0 Å². The van der Waals surface area contributed by atoms with Crippen LogP contribution in [0.25, 0.3) is 0 Å².